The first-order valence-electron chi connectivity index (χ1n) is 4.82. The van der Waals surface area contributed by atoms with Crippen molar-refractivity contribution >= 4 is 29.1 Å². The van der Waals surface area contributed by atoms with Crippen LogP contribution in [0.25, 0.3) is 0 Å². The fourth-order valence-electron chi connectivity index (χ4n) is 1.25. The molecule has 0 radical (unpaired) electrons. The number of anilines is 1. The van der Waals surface area contributed by atoms with Crippen LogP contribution >= 0.6 is 23.4 Å². The second-order valence-electron chi connectivity index (χ2n) is 3.06. The van der Waals surface area contributed by atoms with Crippen molar-refractivity contribution in [3.63, 3.8) is 0 Å². The number of aryl methyl sites for hydroxylation is 1. The molecule has 78 valence electrons. The molecule has 3 heteroatoms. The van der Waals surface area contributed by atoms with Crippen molar-refractivity contribution in [1.82, 2.24) is 0 Å². The lowest BCUT2D eigenvalue weighted by molar-refractivity contribution is 1.21. The van der Waals surface area contributed by atoms with E-state index in [2.05, 4.69) is 25.2 Å². The van der Waals surface area contributed by atoms with Gasteiger partial charge < -0.3 is 5.32 Å². The molecule has 1 aromatic carbocycles. The van der Waals surface area contributed by atoms with E-state index in [0.717, 1.165) is 23.0 Å². The van der Waals surface area contributed by atoms with E-state index < -0.39 is 0 Å². The Kier molecular flexibility index (Phi) is 5.20. The van der Waals surface area contributed by atoms with Crippen molar-refractivity contribution in [1.29, 1.82) is 0 Å². The molecular weight excluding hydrogens is 214 g/mol. The molecule has 0 aliphatic heterocycles. The lowest BCUT2D eigenvalue weighted by Crippen LogP contribution is -2.05. The number of hydrogen-bond donors (Lipinski definition) is 1. The van der Waals surface area contributed by atoms with Crippen LogP contribution in [0.2, 0.25) is 5.02 Å². The number of hydrogen-bond acceptors (Lipinski definition) is 2. The van der Waals surface area contributed by atoms with Gasteiger partial charge in [-0.3, -0.25) is 0 Å². The van der Waals surface area contributed by atoms with Crippen molar-refractivity contribution in [3.8, 4) is 0 Å². The predicted molar refractivity (Wildman–Crippen MR) is 67.7 cm³/mol. The predicted octanol–water partition coefficient (Wildman–Crippen LogP) is 3.81. The monoisotopic (exact) mass is 229 g/mol. The molecule has 1 nitrogen and oxygen atoms in total. The quantitative estimate of drug-likeness (QED) is 0.771. The highest BCUT2D eigenvalue weighted by Crippen LogP contribution is 2.24. The van der Waals surface area contributed by atoms with Gasteiger partial charge in [0.1, 0.15) is 0 Å². The number of thioether (sulfide) groups is 1. The van der Waals surface area contributed by atoms with Crippen molar-refractivity contribution in [2.45, 2.75) is 13.8 Å². The van der Waals surface area contributed by atoms with Gasteiger partial charge in [-0.2, -0.15) is 11.8 Å². The van der Waals surface area contributed by atoms with Crippen LogP contribution in [-0.2, 0) is 0 Å². The van der Waals surface area contributed by atoms with Gasteiger partial charge in [0.2, 0.25) is 0 Å². The molecule has 0 aliphatic rings. The minimum absolute atomic E-state index is 0.812. The van der Waals surface area contributed by atoms with E-state index in [4.69, 9.17) is 11.6 Å². The molecule has 0 bridgehead atoms. The summed E-state index contributed by atoms with van der Waals surface area (Å²) >= 11 is 8.01. The molecule has 14 heavy (non-hydrogen) atoms. The first-order valence-corrected chi connectivity index (χ1v) is 6.35. The molecule has 0 amide bonds. The van der Waals surface area contributed by atoms with Crippen molar-refractivity contribution in [2.24, 2.45) is 0 Å². The smallest absolute Gasteiger partial charge is 0.0640 e. The average molecular weight is 230 g/mol. The van der Waals surface area contributed by atoms with E-state index in [9.17, 15) is 0 Å². The van der Waals surface area contributed by atoms with Crippen LogP contribution in [-0.4, -0.2) is 18.1 Å². The first-order chi connectivity index (χ1) is 6.75. The Morgan fingerprint density at radius 3 is 2.86 bits per heavy atom. The Morgan fingerprint density at radius 1 is 1.43 bits per heavy atom. The van der Waals surface area contributed by atoms with Gasteiger partial charge in [-0.05, 0) is 24.3 Å². The molecule has 0 unspecified atom stereocenters. The highest BCUT2D eigenvalue weighted by molar-refractivity contribution is 7.99. The third kappa shape index (κ3) is 3.43. The summed E-state index contributed by atoms with van der Waals surface area (Å²) in [7, 11) is 0. The summed E-state index contributed by atoms with van der Waals surface area (Å²) in [5, 5.41) is 4.17. The summed E-state index contributed by atoms with van der Waals surface area (Å²) in [6, 6.07) is 5.97. The standard InChI is InChI=1S/C11H16ClNS/c1-3-14-8-7-13-11-9(2)5-4-6-10(11)12/h4-6,13H,3,7-8H2,1-2H3. The maximum atomic E-state index is 6.07. The summed E-state index contributed by atoms with van der Waals surface area (Å²) in [6.45, 7) is 5.22. The first kappa shape index (κ1) is 11.7. The number of para-hydroxylation sites is 1. The molecule has 0 aromatic heterocycles. The molecular formula is C11H16ClNS. The lowest BCUT2D eigenvalue weighted by Gasteiger charge is -2.10. The topological polar surface area (TPSA) is 12.0 Å². The zero-order chi connectivity index (χ0) is 10.4. The van der Waals surface area contributed by atoms with E-state index in [1.54, 1.807) is 0 Å². The Labute approximate surface area is 95.2 Å². The minimum Gasteiger partial charge on any atom is -0.383 e. The van der Waals surface area contributed by atoms with Gasteiger partial charge in [-0.25, -0.2) is 0 Å². The van der Waals surface area contributed by atoms with E-state index in [1.807, 2.05) is 23.9 Å². The second kappa shape index (κ2) is 6.20. The fourth-order valence-corrected chi connectivity index (χ4v) is 2.07. The van der Waals surface area contributed by atoms with Crippen LogP contribution in [0.3, 0.4) is 0 Å². The number of halogens is 1. The molecule has 0 saturated carbocycles. The number of nitrogens with one attached hydrogen (secondary N) is 1. The highest BCUT2D eigenvalue weighted by Gasteiger charge is 2.01. The van der Waals surface area contributed by atoms with E-state index in [0.29, 0.717) is 0 Å². The van der Waals surface area contributed by atoms with Crippen LogP contribution in [0.5, 0.6) is 0 Å². The van der Waals surface area contributed by atoms with Crippen molar-refractivity contribution in [3.05, 3.63) is 28.8 Å². The van der Waals surface area contributed by atoms with E-state index >= 15 is 0 Å². The zero-order valence-corrected chi connectivity index (χ0v) is 10.2. The molecule has 0 saturated heterocycles. The number of benzene rings is 1. The van der Waals surface area contributed by atoms with Gasteiger partial charge in [0.05, 0.1) is 10.7 Å². The minimum atomic E-state index is 0.812. The molecule has 1 N–H and O–H groups in total. The average Bonchev–Trinajstić information content (AvgIpc) is 2.16. The summed E-state index contributed by atoms with van der Waals surface area (Å²) in [5.41, 5.74) is 2.28. The fraction of sp³-hybridized carbons (Fsp3) is 0.455. The highest BCUT2D eigenvalue weighted by atomic mass is 35.5. The molecule has 0 fully saturated rings. The van der Waals surface area contributed by atoms with Gasteiger partial charge >= 0.3 is 0 Å². The zero-order valence-electron chi connectivity index (χ0n) is 8.64. The van der Waals surface area contributed by atoms with E-state index in [-0.39, 0.29) is 0 Å². The lowest BCUT2D eigenvalue weighted by atomic mass is 10.2. The van der Waals surface area contributed by atoms with Crippen molar-refractivity contribution in [2.75, 3.05) is 23.4 Å². The number of rotatable bonds is 5. The van der Waals surface area contributed by atoms with E-state index in [1.165, 1.54) is 11.3 Å². The summed E-state index contributed by atoms with van der Waals surface area (Å²) in [4.78, 5) is 0. The third-order valence-corrected chi connectivity index (χ3v) is 3.19. The van der Waals surface area contributed by atoms with Crippen molar-refractivity contribution < 1.29 is 0 Å². The van der Waals surface area contributed by atoms with Gasteiger partial charge in [0.25, 0.3) is 0 Å². The Morgan fingerprint density at radius 2 is 2.21 bits per heavy atom. The van der Waals surface area contributed by atoms with Gasteiger partial charge in [0, 0.05) is 12.3 Å². The Bertz CT molecular complexity index is 268. The maximum absolute atomic E-state index is 6.07. The van der Waals surface area contributed by atoms with Gasteiger partial charge in [0.15, 0.2) is 0 Å². The molecule has 0 atom stereocenters. The molecule has 0 spiro atoms. The Balaban J connectivity index is 2.49. The molecule has 0 heterocycles. The molecule has 0 aliphatic carbocycles. The summed E-state index contributed by atoms with van der Waals surface area (Å²) < 4.78 is 0. The van der Waals surface area contributed by atoms with Crippen LogP contribution < -0.4 is 5.32 Å². The van der Waals surface area contributed by atoms with Crippen LogP contribution in [0.15, 0.2) is 18.2 Å². The normalized spacial score (nSPS) is 10.2. The third-order valence-electron chi connectivity index (χ3n) is 1.97. The van der Waals surface area contributed by atoms with Crippen LogP contribution in [0.4, 0.5) is 5.69 Å². The molecule has 1 aromatic rings. The largest absolute Gasteiger partial charge is 0.383 e. The SMILES string of the molecule is CCSCCNc1c(C)cccc1Cl. The molecule has 1 rings (SSSR count). The summed E-state index contributed by atoms with van der Waals surface area (Å²) in [6.07, 6.45) is 0. The maximum Gasteiger partial charge on any atom is 0.0640 e. The van der Waals surface area contributed by atoms with Gasteiger partial charge in [-0.1, -0.05) is 30.7 Å². The van der Waals surface area contributed by atoms with Gasteiger partial charge in [-0.15, -0.1) is 0 Å². The van der Waals surface area contributed by atoms with Crippen LogP contribution in [0, 0.1) is 6.92 Å². The summed E-state index contributed by atoms with van der Waals surface area (Å²) in [5.74, 6) is 2.30. The Hall–Kier alpha value is -0.340. The van der Waals surface area contributed by atoms with Crippen LogP contribution in [0.1, 0.15) is 12.5 Å². The second-order valence-corrected chi connectivity index (χ2v) is 4.86.